The van der Waals surface area contributed by atoms with E-state index in [4.69, 9.17) is 19.4 Å². The number of anilines is 1. The first kappa shape index (κ1) is 22.5. The largest absolute Gasteiger partial charge is 0.496 e. The molecule has 1 atom stereocenters. The second-order valence-corrected chi connectivity index (χ2v) is 9.05. The van der Waals surface area contributed by atoms with Crippen molar-refractivity contribution in [3.8, 4) is 17.1 Å². The minimum atomic E-state index is -0.532. The fraction of sp³-hybridized carbons (Fsp3) is 0.360. The fourth-order valence-corrected chi connectivity index (χ4v) is 3.84. The van der Waals surface area contributed by atoms with Crippen LogP contribution >= 0.6 is 0 Å². The molecule has 0 bridgehead atoms. The second kappa shape index (κ2) is 9.05. The molecule has 0 saturated carbocycles. The molecule has 1 aliphatic rings. The number of nitrogens with zero attached hydrogens (tertiary/aromatic N) is 3. The monoisotopic (exact) mass is 448 g/mol. The van der Waals surface area contributed by atoms with E-state index in [0.717, 1.165) is 23.6 Å². The quantitative estimate of drug-likeness (QED) is 0.573. The van der Waals surface area contributed by atoms with Crippen LogP contribution in [0.4, 0.5) is 10.6 Å². The lowest BCUT2D eigenvalue weighted by Crippen LogP contribution is -2.36. The molecule has 2 aromatic carbocycles. The van der Waals surface area contributed by atoms with Crippen LogP contribution in [0.2, 0.25) is 0 Å². The maximum Gasteiger partial charge on any atom is 0.410 e. The van der Waals surface area contributed by atoms with E-state index in [1.54, 1.807) is 30.2 Å². The number of ether oxygens (including phenoxy) is 2. The zero-order valence-electron chi connectivity index (χ0n) is 19.3. The molecule has 4 rings (SSSR count). The number of hydrogen-bond acceptors (Lipinski definition) is 7. The van der Waals surface area contributed by atoms with Gasteiger partial charge < -0.3 is 19.7 Å². The van der Waals surface area contributed by atoms with E-state index >= 15 is 0 Å². The standard InChI is InChI=1S/C25H28N4O4/c1-25(2,3)33-24(31)29-12-11-17(14-29)26-22-18-7-5-6-8-20(18)27-23(28-22)19-13-16(15-30)9-10-21(19)32-4/h5-10,13,15,17H,11-12,14H2,1-4H3,(H,26,27,28). The summed E-state index contributed by atoms with van der Waals surface area (Å²) in [6, 6.07) is 12.9. The van der Waals surface area contributed by atoms with Gasteiger partial charge in [-0.2, -0.15) is 0 Å². The molecule has 1 saturated heterocycles. The molecule has 1 aliphatic heterocycles. The van der Waals surface area contributed by atoms with Gasteiger partial charge >= 0.3 is 6.09 Å². The minimum absolute atomic E-state index is 0.0203. The van der Waals surface area contributed by atoms with Gasteiger partial charge in [-0.1, -0.05) is 12.1 Å². The summed E-state index contributed by atoms with van der Waals surface area (Å²) in [4.78, 5) is 35.0. The summed E-state index contributed by atoms with van der Waals surface area (Å²) >= 11 is 0. The van der Waals surface area contributed by atoms with E-state index in [0.29, 0.717) is 41.6 Å². The average Bonchev–Trinajstić information content (AvgIpc) is 3.26. The number of benzene rings is 2. The van der Waals surface area contributed by atoms with E-state index < -0.39 is 5.60 Å². The number of rotatable bonds is 5. The van der Waals surface area contributed by atoms with Gasteiger partial charge in [-0.15, -0.1) is 0 Å². The Bertz CT molecular complexity index is 1190. The van der Waals surface area contributed by atoms with Gasteiger partial charge in [0.1, 0.15) is 23.5 Å². The van der Waals surface area contributed by atoms with Gasteiger partial charge in [0.2, 0.25) is 0 Å². The molecule has 8 nitrogen and oxygen atoms in total. The van der Waals surface area contributed by atoms with Crippen molar-refractivity contribution < 1.29 is 19.1 Å². The molecule has 2 heterocycles. The van der Waals surface area contributed by atoms with Crippen molar-refractivity contribution in [2.24, 2.45) is 0 Å². The van der Waals surface area contributed by atoms with Crippen molar-refractivity contribution in [3.63, 3.8) is 0 Å². The SMILES string of the molecule is COc1ccc(C=O)cc1-c1nc(NC2CCN(C(=O)OC(C)(C)C)C2)c2ccccc2n1. The predicted molar refractivity (Wildman–Crippen MR) is 127 cm³/mol. The van der Waals surface area contributed by atoms with Crippen LogP contribution in [-0.4, -0.2) is 59.1 Å². The molecule has 0 radical (unpaired) electrons. The minimum Gasteiger partial charge on any atom is -0.496 e. The van der Waals surface area contributed by atoms with Crippen molar-refractivity contribution in [2.75, 3.05) is 25.5 Å². The van der Waals surface area contributed by atoms with Crippen LogP contribution in [0, 0.1) is 0 Å². The molecule has 0 spiro atoms. The van der Waals surface area contributed by atoms with Crippen LogP contribution in [0.3, 0.4) is 0 Å². The number of para-hydroxylation sites is 1. The highest BCUT2D eigenvalue weighted by atomic mass is 16.6. The first-order valence-electron chi connectivity index (χ1n) is 10.9. The number of carbonyl (C=O) groups is 2. The number of nitrogens with one attached hydrogen (secondary N) is 1. The number of aldehydes is 1. The second-order valence-electron chi connectivity index (χ2n) is 9.05. The van der Waals surface area contributed by atoms with E-state index in [1.807, 2.05) is 45.0 Å². The molecular formula is C25H28N4O4. The number of methoxy groups -OCH3 is 1. The van der Waals surface area contributed by atoms with Crippen molar-refractivity contribution >= 4 is 29.1 Å². The number of amides is 1. The Balaban J connectivity index is 1.65. The Morgan fingerprint density at radius 3 is 2.70 bits per heavy atom. The summed E-state index contributed by atoms with van der Waals surface area (Å²) in [5.41, 5.74) is 1.39. The van der Waals surface area contributed by atoms with Gasteiger partial charge in [0, 0.05) is 30.1 Å². The third kappa shape index (κ3) is 5.05. The van der Waals surface area contributed by atoms with Crippen LogP contribution in [0.1, 0.15) is 37.6 Å². The van der Waals surface area contributed by atoms with Crippen molar-refractivity contribution in [1.82, 2.24) is 14.9 Å². The summed E-state index contributed by atoms with van der Waals surface area (Å²) in [7, 11) is 1.57. The Morgan fingerprint density at radius 2 is 1.97 bits per heavy atom. The normalized spacial score (nSPS) is 16.0. The Labute approximate surface area is 192 Å². The molecule has 1 aromatic heterocycles. The van der Waals surface area contributed by atoms with Gasteiger partial charge in [-0.05, 0) is 57.5 Å². The average molecular weight is 449 g/mol. The highest BCUT2D eigenvalue weighted by Gasteiger charge is 2.30. The zero-order chi connectivity index (χ0) is 23.6. The van der Waals surface area contributed by atoms with Crippen molar-refractivity contribution in [2.45, 2.75) is 38.8 Å². The number of aromatic nitrogens is 2. The van der Waals surface area contributed by atoms with Crippen LogP contribution < -0.4 is 10.1 Å². The number of fused-ring (bicyclic) bond motifs is 1. The van der Waals surface area contributed by atoms with Gasteiger partial charge in [-0.25, -0.2) is 14.8 Å². The van der Waals surface area contributed by atoms with Crippen molar-refractivity contribution in [1.29, 1.82) is 0 Å². The molecule has 172 valence electrons. The Kier molecular flexibility index (Phi) is 6.18. The molecule has 0 aliphatic carbocycles. The van der Waals surface area contributed by atoms with E-state index in [9.17, 15) is 9.59 Å². The first-order chi connectivity index (χ1) is 15.8. The lowest BCUT2D eigenvalue weighted by atomic mass is 10.1. The van der Waals surface area contributed by atoms with E-state index in [-0.39, 0.29) is 12.1 Å². The summed E-state index contributed by atoms with van der Waals surface area (Å²) in [6.45, 7) is 6.71. The summed E-state index contributed by atoms with van der Waals surface area (Å²) in [5, 5.41) is 4.37. The molecular weight excluding hydrogens is 420 g/mol. The summed E-state index contributed by atoms with van der Waals surface area (Å²) < 4.78 is 11.0. The van der Waals surface area contributed by atoms with E-state index in [2.05, 4.69) is 5.32 Å². The van der Waals surface area contributed by atoms with Gasteiger partial charge in [0.05, 0.1) is 18.2 Å². The third-order valence-electron chi connectivity index (χ3n) is 5.38. The van der Waals surface area contributed by atoms with Crippen LogP contribution in [-0.2, 0) is 4.74 Å². The lowest BCUT2D eigenvalue weighted by Gasteiger charge is -2.24. The molecule has 1 unspecified atom stereocenters. The van der Waals surface area contributed by atoms with Crippen molar-refractivity contribution in [3.05, 3.63) is 48.0 Å². The third-order valence-corrected chi connectivity index (χ3v) is 5.38. The Hall–Kier alpha value is -3.68. The van der Waals surface area contributed by atoms with Gasteiger partial charge in [-0.3, -0.25) is 4.79 Å². The highest BCUT2D eigenvalue weighted by molar-refractivity contribution is 5.91. The molecule has 1 amide bonds. The fourth-order valence-electron chi connectivity index (χ4n) is 3.84. The number of carbonyl (C=O) groups excluding carboxylic acids is 2. The Morgan fingerprint density at radius 1 is 1.18 bits per heavy atom. The topological polar surface area (TPSA) is 93.7 Å². The zero-order valence-corrected chi connectivity index (χ0v) is 19.3. The summed E-state index contributed by atoms with van der Waals surface area (Å²) in [6.07, 6.45) is 1.25. The molecule has 1 N–H and O–H groups in total. The molecule has 1 fully saturated rings. The van der Waals surface area contributed by atoms with Crippen LogP contribution in [0.15, 0.2) is 42.5 Å². The first-order valence-corrected chi connectivity index (χ1v) is 10.9. The lowest BCUT2D eigenvalue weighted by molar-refractivity contribution is 0.0293. The highest BCUT2D eigenvalue weighted by Crippen LogP contribution is 2.32. The predicted octanol–water partition coefficient (Wildman–Crippen LogP) is 4.54. The van der Waals surface area contributed by atoms with E-state index in [1.165, 1.54) is 0 Å². The maximum atomic E-state index is 12.4. The molecule has 33 heavy (non-hydrogen) atoms. The maximum absolute atomic E-state index is 12.4. The molecule has 8 heteroatoms. The number of hydrogen-bond donors (Lipinski definition) is 1. The van der Waals surface area contributed by atoms with Gasteiger partial charge in [0.15, 0.2) is 5.82 Å². The smallest absolute Gasteiger partial charge is 0.410 e. The molecule has 3 aromatic rings. The van der Waals surface area contributed by atoms with Crippen LogP contribution in [0.5, 0.6) is 5.75 Å². The van der Waals surface area contributed by atoms with Crippen LogP contribution in [0.25, 0.3) is 22.3 Å². The van der Waals surface area contributed by atoms with Gasteiger partial charge in [0.25, 0.3) is 0 Å². The summed E-state index contributed by atoms with van der Waals surface area (Å²) in [5.74, 6) is 1.71. The number of likely N-dealkylation sites (tertiary alicyclic amines) is 1.